The van der Waals surface area contributed by atoms with E-state index in [1.165, 1.54) is 6.07 Å². The lowest BCUT2D eigenvalue weighted by Crippen LogP contribution is -2.39. The van der Waals surface area contributed by atoms with Crippen LogP contribution in [0.4, 0.5) is 4.39 Å². The molecule has 0 saturated carbocycles. The minimum absolute atomic E-state index is 0.0803. The van der Waals surface area contributed by atoms with E-state index in [0.717, 1.165) is 31.1 Å². The van der Waals surface area contributed by atoms with Gasteiger partial charge < -0.3 is 5.32 Å². The summed E-state index contributed by atoms with van der Waals surface area (Å²) in [6.45, 7) is 3.48. The largest absolute Gasteiger partial charge is 0.351 e. The summed E-state index contributed by atoms with van der Waals surface area (Å²) in [4.78, 5) is 14.2. The van der Waals surface area contributed by atoms with E-state index in [0.29, 0.717) is 11.0 Å². The van der Waals surface area contributed by atoms with Crippen molar-refractivity contribution < 1.29 is 9.18 Å². The molecule has 1 amide bonds. The highest BCUT2D eigenvalue weighted by Gasteiger charge is 2.15. The van der Waals surface area contributed by atoms with Gasteiger partial charge in [-0.05, 0) is 28.1 Å². The molecule has 1 heterocycles. The Bertz CT molecular complexity index is 432. The van der Waals surface area contributed by atoms with Gasteiger partial charge in [-0.1, -0.05) is 6.07 Å². The van der Waals surface area contributed by atoms with Gasteiger partial charge in [0, 0.05) is 42.2 Å². The molecule has 1 aromatic carbocycles. The number of rotatable bonds is 4. The monoisotopic (exact) mass is 346 g/mol. The van der Waals surface area contributed by atoms with Gasteiger partial charge in [0.1, 0.15) is 5.82 Å². The Balaban J connectivity index is 1.84. The Morgan fingerprint density at radius 3 is 2.84 bits per heavy atom. The van der Waals surface area contributed by atoms with Crippen molar-refractivity contribution in [1.29, 1.82) is 0 Å². The maximum Gasteiger partial charge on any atom is 0.255 e. The molecule has 3 nitrogen and oxygen atoms in total. The molecule has 2 rings (SSSR count). The van der Waals surface area contributed by atoms with Crippen LogP contribution in [0, 0.1) is 5.82 Å². The molecule has 1 aliphatic rings. The number of thioether (sulfide) groups is 1. The van der Waals surface area contributed by atoms with Crippen LogP contribution in [-0.2, 0) is 0 Å². The van der Waals surface area contributed by atoms with Gasteiger partial charge in [0.25, 0.3) is 5.91 Å². The molecule has 6 heteroatoms. The summed E-state index contributed by atoms with van der Waals surface area (Å²) >= 11 is 5.16. The Labute approximate surface area is 125 Å². The third-order valence-corrected chi connectivity index (χ3v) is 4.61. The molecule has 0 spiro atoms. The highest BCUT2D eigenvalue weighted by atomic mass is 79.9. The summed E-state index contributed by atoms with van der Waals surface area (Å²) in [6, 6.07) is 4.53. The van der Waals surface area contributed by atoms with E-state index in [9.17, 15) is 9.18 Å². The van der Waals surface area contributed by atoms with Gasteiger partial charge in [-0.3, -0.25) is 9.69 Å². The topological polar surface area (TPSA) is 32.3 Å². The van der Waals surface area contributed by atoms with Crippen molar-refractivity contribution in [2.24, 2.45) is 0 Å². The number of hydrogen-bond donors (Lipinski definition) is 1. The quantitative estimate of drug-likeness (QED) is 0.908. The molecule has 0 atom stereocenters. The van der Waals surface area contributed by atoms with Crippen LogP contribution >= 0.6 is 27.7 Å². The molecule has 1 fully saturated rings. The van der Waals surface area contributed by atoms with Crippen molar-refractivity contribution in [3.05, 3.63) is 34.1 Å². The highest BCUT2D eigenvalue weighted by molar-refractivity contribution is 9.10. The molecule has 1 aromatic rings. The Morgan fingerprint density at radius 2 is 2.16 bits per heavy atom. The SMILES string of the molecule is O=C(NCCN1CCSCC1)c1c(F)cccc1Br. The van der Waals surface area contributed by atoms with E-state index in [-0.39, 0.29) is 11.5 Å². The predicted molar refractivity (Wildman–Crippen MR) is 80.2 cm³/mol. The van der Waals surface area contributed by atoms with E-state index < -0.39 is 5.82 Å². The molecule has 0 unspecified atom stereocenters. The predicted octanol–water partition coefficient (Wildman–Crippen LogP) is 2.37. The number of hydrogen-bond acceptors (Lipinski definition) is 3. The summed E-state index contributed by atoms with van der Waals surface area (Å²) in [5.41, 5.74) is 0.0803. The van der Waals surface area contributed by atoms with E-state index in [1.54, 1.807) is 12.1 Å². The van der Waals surface area contributed by atoms with Crippen molar-refractivity contribution in [2.75, 3.05) is 37.7 Å². The smallest absolute Gasteiger partial charge is 0.255 e. The fourth-order valence-corrected chi connectivity index (χ4v) is 3.46. The first-order valence-corrected chi connectivity index (χ1v) is 8.15. The Hall–Kier alpha value is -0.590. The summed E-state index contributed by atoms with van der Waals surface area (Å²) < 4.78 is 14.1. The molecule has 0 aromatic heterocycles. The third-order valence-electron chi connectivity index (χ3n) is 3.01. The number of amides is 1. The zero-order chi connectivity index (χ0) is 13.7. The van der Waals surface area contributed by atoms with Gasteiger partial charge in [-0.15, -0.1) is 0 Å². The van der Waals surface area contributed by atoms with Crippen molar-refractivity contribution in [1.82, 2.24) is 10.2 Å². The van der Waals surface area contributed by atoms with Gasteiger partial charge >= 0.3 is 0 Å². The second kappa shape index (κ2) is 7.26. The lowest BCUT2D eigenvalue weighted by atomic mass is 10.2. The normalized spacial score (nSPS) is 16.3. The second-order valence-electron chi connectivity index (χ2n) is 4.31. The Morgan fingerprint density at radius 1 is 1.42 bits per heavy atom. The Kier molecular flexibility index (Phi) is 5.66. The van der Waals surface area contributed by atoms with Crippen LogP contribution in [0.3, 0.4) is 0 Å². The first-order valence-electron chi connectivity index (χ1n) is 6.21. The molecule has 0 radical (unpaired) electrons. The molecule has 104 valence electrons. The summed E-state index contributed by atoms with van der Waals surface area (Å²) in [5.74, 6) is 1.43. The molecule has 1 N–H and O–H groups in total. The zero-order valence-corrected chi connectivity index (χ0v) is 12.9. The van der Waals surface area contributed by atoms with Crippen LogP contribution < -0.4 is 5.32 Å². The lowest BCUT2D eigenvalue weighted by molar-refractivity contribution is 0.0944. The van der Waals surface area contributed by atoms with Crippen molar-refractivity contribution in [3.63, 3.8) is 0 Å². The average Bonchev–Trinajstić information content (AvgIpc) is 2.40. The number of nitrogens with one attached hydrogen (secondary N) is 1. The number of carbonyl (C=O) groups excluding carboxylic acids is 1. The van der Waals surface area contributed by atoms with Gasteiger partial charge in [-0.25, -0.2) is 4.39 Å². The first kappa shape index (κ1) is 14.8. The summed E-state index contributed by atoms with van der Waals surface area (Å²) in [7, 11) is 0. The minimum atomic E-state index is -0.499. The van der Waals surface area contributed by atoms with Gasteiger partial charge in [-0.2, -0.15) is 11.8 Å². The van der Waals surface area contributed by atoms with Gasteiger partial charge in [0.05, 0.1) is 5.56 Å². The van der Waals surface area contributed by atoms with Gasteiger partial charge in [0.2, 0.25) is 0 Å². The first-order chi connectivity index (χ1) is 9.18. The summed E-state index contributed by atoms with van der Waals surface area (Å²) in [6.07, 6.45) is 0. The number of benzene rings is 1. The van der Waals surface area contributed by atoms with Crippen LogP contribution in [-0.4, -0.2) is 48.5 Å². The fourth-order valence-electron chi connectivity index (χ4n) is 1.96. The van der Waals surface area contributed by atoms with Crippen LogP contribution in [0.1, 0.15) is 10.4 Å². The van der Waals surface area contributed by atoms with E-state index in [4.69, 9.17) is 0 Å². The number of carbonyl (C=O) groups is 1. The van der Waals surface area contributed by atoms with E-state index >= 15 is 0 Å². The molecule has 19 heavy (non-hydrogen) atoms. The van der Waals surface area contributed by atoms with Crippen LogP contribution in [0.5, 0.6) is 0 Å². The molecule has 1 saturated heterocycles. The average molecular weight is 347 g/mol. The second-order valence-corrected chi connectivity index (χ2v) is 6.39. The van der Waals surface area contributed by atoms with Crippen LogP contribution in [0.15, 0.2) is 22.7 Å². The molecule has 1 aliphatic heterocycles. The number of nitrogens with zero attached hydrogens (tertiary/aromatic N) is 1. The van der Waals surface area contributed by atoms with Crippen molar-refractivity contribution in [2.45, 2.75) is 0 Å². The van der Waals surface area contributed by atoms with Crippen LogP contribution in [0.25, 0.3) is 0 Å². The van der Waals surface area contributed by atoms with E-state index in [2.05, 4.69) is 26.1 Å². The summed E-state index contributed by atoms with van der Waals surface area (Å²) in [5, 5.41) is 2.77. The maximum atomic E-state index is 13.6. The van der Waals surface area contributed by atoms with Gasteiger partial charge in [0.15, 0.2) is 0 Å². The van der Waals surface area contributed by atoms with Crippen molar-refractivity contribution in [3.8, 4) is 0 Å². The molecular weight excluding hydrogens is 331 g/mol. The maximum absolute atomic E-state index is 13.6. The zero-order valence-electron chi connectivity index (χ0n) is 10.5. The standard InChI is InChI=1S/C13H16BrFN2OS/c14-10-2-1-3-11(15)12(10)13(18)16-4-5-17-6-8-19-9-7-17/h1-3H,4-9H2,(H,16,18). The molecule has 0 aliphatic carbocycles. The fraction of sp³-hybridized carbons (Fsp3) is 0.462. The van der Waals surface area contributed by atoms with Crippen LogP contribution in [0.2, 0.25) is 0 Å². The van der Waals surface area contributed by atoms with E-state index in [1.807, 2.05) is 11.8 Å². The lowest BCUT2D eigenvalue weighted by Gasteiger charge is -2.26. The molecule has 0 bridgehead atoms. The molecular formula is C13H16BrFN2OS. The number of halogens is 2. The highest BCUT2D eigenvalue weighted by Crippen LogP contribution is 2.19. The van der Waals surface area contributed by atoms with Crippen molar-refractivity contribution >= 4 is 33.6 Å². The third kappa shape index (κ3) is 4.19. The minimum Gasteiger partial charge on any atom is -0.351 e.